The Kier molecular flexibility index (Phi) is 4.93. The molecule has 156 valence electrons. The van der Waals surface area contributed by atoms with Crippen molar-refractivity contribution in [3.05, 3.63) is 60.7 Å². The van der Waals surface area contributed by atoms with Crippen molar-refractivity contribution in [3.63, 3.8) is 0 Å². The van der Waals surface area contributed by atoms with Crippen LogP contribution in [-0.2, 0) is 0 Å². The third-order valence-electron chi connectivity index (χ3n) is 5.32. The molecule has 0 spiro atoms. The molecule has 31 heavy (non-hydrogen) atoms. The molecular formula is C22H22N8O. The lowest BCUT2D eigenvalue weighted by Crippen LogP contribution is -2.43. The van der Waals surface area contributed by atoms with E-state index in [2.05, 4.69) is 35.7 Å². The number of pyridine rings is 2. The first-order chi connectivity index (χ1) is 15.2. The number of nitrogens with one attached hydrogen (secondary N) is 3. The van der Waals surface area contributed by atoms with Gasteiger partial charge >= 0.3 is 0 Å². The molecule has 5 rings (SSSR count). The van der Waals surface area contributed by atoms with Gasteiger partial charge in [-0.05, 0) is 35.9 Å². The van der Waals surface area contributed by atoms with Crippen molar-refractivity contribution in [2.75, 3.05) is 42.1 Å². The Bertz CT molecular complexity index is 1230. The van der Waals surface area contributed by atoms with Gasteiger partial charge in [-0.25, -0.2) is 4.98 Å². The van der Waals surface area contributed by atoms with Gasteiger partial charge in [-0.15, -0.1) is 0 Å². The van der Waals surface area contributed by atoms with Crippen LogP contribution in [0.25, 0.3) is 22.0 Å². The molecule has 9 heteroatoms. The van der Waals surface area contributed by atoms with Gasteiger partial charge in [0.05, 0.1) is 23.1 Å². The topological polar surface area (TPSA) is 125 Å². The Hall–Kier alpha value is -3.98. The van der Waals surface area contributed by atoms with Crippen LogP contribution in [-0.4, -0.2) is 52.3 Å². The Morgan fingerprint density at radius 3 is 2.68 bits per heavy atom. The van der Waals surface area contributed by atoms with Crippen LogP contribution in [0, 0.1) is 0 Å². The Morgan fingerprint density at radius 2 is 1.90 bits per heavy atom. The average molecular weight is 414 g/mol. The van der Waals surface area contributed by atoms with Crippen molar-refractivity contribution in [2.24, 2.45) is 0 Å². The first kappa shape index (κ1) is 19.0. The monoisotopic (exact) mass is 414 g/mol. The molecule has 9 nitrogen and oxygen atoms in total. The molecule has 1 aliphatic rings. The van der Waals surface area contributed by atoms with E-state index < -0.39 is 0 Å². The summed E-state index contributed by atoms with van der Waals surface area (Å²) in [7, 11) is 0. The second-order valence-corrected chi connectivity index (χ2v) is 7.44. The second kappa shape index (κ2) is 8.04. The highest BCUT2D eigenvalue weighted by atomic mass is 16.1. The number of piperazine rings is 1. The van der Waals surface area contributed by atoms with Crippen LogP contribution in [0.5, 0.6) is 0 Å². The highest BCUT2D eigenvalue weighted by molar-refractivity contribution is 6.11. The molecule has 0 atom stereocenters. The van der Waals surface area contributed by atoms with Crippen molar-refractivity contribution in [1.29, 1.82) is 0 Å². The number of carbonyl (C=O) groups is 1. The first-order valence-electron chi connectivity index (χ1n) is 10.1. The van der Waals surface area contributed by atoms with Crippen molar-refractivity contribution >= 4 is 34.0 Å². The molecule has 0 saturated carbocycles. The number of carbonyl (C=O) groups excluding carboxylic acids is 1. The van der Waals surface area contributed by atoms with Crippen LogP contribution in [0.1, 0.15) is 10.5 Å². The largest absolute Gasteiger partial charge is 0.397 e. The molecule has 0 unspecified atom stereocenters. The van der Waals surface area contributed by atoms with Crippen LogP contribution in [0.4, 0.5) is 17.2 Å². The summed E-state index contributed by atoms with van der Waals surface area (Å²) in [5, 5.41) is 14.1. The molecule has 1 aliphatic heterocycles. The minimum atomic E-state index is -0.300. The molecule has 1 aromatic carbocycles. The van der Waals surface area contributed by atoms with Crippen molar-refractivity contribution in [3.8, 4) is 11.1 Å². The molecule has 1 saturated heterocycles. The number of nitrogens with zero attached hydrogens (tertiary/aromatic N) is 4. The predicted octanol–water partition coefficient (Wildman–Crippen LogP) is 2.26. The number of hydrogen-bond acceptors (Lipinski definition) is 7. The maximum atomic E-state index is 12.9. The second-order valence-electron chi connectivity index (χ2n) is 7.44. The maximum absolute atomic E-state index is 12.9. The third kappa shape index (κ3) is 3.90. The van der Waals surface area contributed by atoms with E-state index in [0.717, 1.165) is 54.0 Å². The lowest BCUT2D eigenvalue weighted by atomic mass is 10.0. The number of benzene rings is 1. The number of rotatable bonds is 4. The first-order valence-corrected chi connectivity index (χ1v) is 10.1. The molecule has 5 N–H and O–H groups in total. The van der Waals surface area contributed by atoms with Gasteiger partial charge in [-0.3, -0.25) is 14.9 Å². The lowest BCUT2D eigenvalue weighted by molar-refractivity contribution is 0.102. The van der Waals surface area contributed by atoms with Crippen LogP contribution >= 0.6 is 0 Å². The van der Waals surface area contributed by atoms with E-state index in [1.165, 1.54) is 0 Å². The van der Waals surface area contributed by atoms with E-state index in [-0.39, 0.29) is 5.91 Å². The van der Waals surface area contributed by atoms with Crippen LogP contribution in [0.15, 0.2) is 55.0 Å². The minimum Gasteiger partial charge on any atom is -0.397 e. The zero-order valence-corrected chi connectivity index (χ0v) is 16.8. The normalized spacial score (nSPS) is 14.0. The molecule has 0 bridgehead atoms. The molecule has 1 fully saturated rings. The zero-order chi connectivity index (χ0) is 21.2. The van der Waals surface area contributed by atoms with Crippen molar-refractivity contribution in [1.82, 2.24) is 25.5 Å². The van der Waals surface area contributed by atoms with E-state index in [4.69, 9.17) is 5.73 Å². The average Bonchev–Trinajstić information content (AvgIpc) is 3.24. The number of nitrogen functional groups attached to an aromatic ring is 1. The predicted molar refractivity (Wildman–Crippen MR) is 121 cm³/mol. The summed E-state index contributed by atoms with van der Waals surface area (Å²) in [4.78, 5) is 23.8. The number of anilines is 3. The fraction of sp³-hybridized carbons (Fsp3) is 0.182. The summed E-state index contributed by atoms with van der Waals surface area (Å²) in [6.07, 6.45) is 5.01. The van der Waals surface area contributed by atoms with Gasteiger partial charge in [0.25, 0.3) is 5.91 Å². The summed E-state index contributed by atoms with van der Waals surface area (Å²) in [5.74, 6) is 0.607. The van der Waals surface area contributed by atoms with Crippen LogP contribution < -0.4 is 21.3 Å². The molecule has 3 aromatic heterocycles. The number of hydrogen-bond donors (Lipinski definition) is 4. The number of nitrogens with two attached hydrogens (primary N) is 1. The number of fused-ring (bicyclic) bond motifs is 1. The van der Waals surface area contributed by atoms with Gasteiger partial charge in [-0.2, -0.15) is 5.10 Å². The summed E-state index contributed by atoms with van der Waals surface area (Å²) in [6, 6.07) is 11.4. The van der Waals surface area contributed by atoms with Gasteiger partial charge in [-0.1, -0.05) is 6.07 Å². The minimum absolute atomic E-state index is 0.300. The molecule has 4 aromatic rings. The van der Waals surface area contributed by atoms with E-state index in [1.807, 2.05) is 36.4 Å². The number of aromatic nitrogens is 4. The molecule has 0 aliphatic carbocycles. The fourth-order valence-electron chi connectivity index (χ4n) is 3.71. The smallest absolute Gasteiger partial charge is 0.276 e. The van der Waals surface area contributed by atoms with E-state index in [9.17, 15) is 4.79 Å². The standard InChI is InChI=1S/C22H22N8O/c23-16-9-15(11-25-12-16)14-1-3-19-18(10-14)21(29-28-19)22(31)27-17-2-4-20(26-13-17)30-7-5-24-6-8-30/h1-4,9-13,24H,5-8,23H2,(H,27,31)(H,28,29). The lowest BCUT2D eigenvalue weighted by Gasteiger charge is -2.28. The Morgan fingerprint density at radius 1 is 1.03 bits per heavy atom. The van der Waals surface area contributed by atoms with Gasteiger partial charge in [0, 0.05) is 49.5 Å². The highest BCUT2D eigenvalue weighted by Gasteiger charge is 2.16. The Balaban J connectivity index is 1.37. The van der Waals surface area contributed by atoms with Gasteiger partial charge in [0.15, 0.2) is 5.69 Å². The van der Waals surface area contributed by atoms with Gasteiger partial charge in [0.2, 0.25) is 0 Å². The van der Waals surface area contributed by atoms with E-state index >= 15 is 0 Å². The van der Waals surface area contributed by atoms with E-state index in [1.54, 1.807) is 18.6 Å². The number of amides is 1. The van der Waals surface area contributed by atoms with Gasteiger partial charge < -0.3 is 21.3 Å². The maximum Gasteiger partial charge on any atom is 0.276 e. The summed E-state index contributed by atoms with van der Waals surface area (Å²) >= 11 is 0. The SMILES string of the molecule is Nc1cncc(-c2ccc3[nH]nc(C(=O)Nc4ccc(N5CCNCC5)nc4)c3c2)c1. The highest BCUT2D eigenvalue weighted by Crippen LogP contribution is 2.26. The summed E-state index contributed by atoms with van der Waals surface area (Å²) < 4.78 is 0. The fourth-order valence-corrected chi connectivity index (χ4v) is 3.71. The van der Waals surface area contributed by atoms with Crippen molar-refractivity contribution < 1.29 is 4.79 Å². The number of aromatic amines is 1. The summed E-state index contributed by atoms with van der Waals surface area (Å²) in [6.45, 7) is 3.73. The molecule has 4 heterocycles. The molecule has 1 amide bonds. The molecule has 0 radical (unpaired) electrons. The van der Waals surface area contributed by atoms with Crippen molar-refractivity contribution in [2.45, 2.75) is 0 Å². The quantitative estimate of drug-likeness (QED) is 0.404. The van der Waals surface area contributed by atoms with Gasteiger partial charge in [0.1, 0.15) is 5.82 Å². The number of H-pyrrole nitrogens is 1. The summed E-state index contributed by atoms with van der Waals surface area (Å²) in [5.41, 5.74) is 9.94. The van der Waals surface area contributed by atoms with Crippen LogP contribution in [0.3, 0.4) is 0 Å². The molecular weight excluding hydrogens is 392 g/mol. The Labute approximate surface area is 178 Å². The van der Waals surface area contributed by atoms with Crippen LogP contribution in [0.2, 0.25) is 0 Å². The zero-order valence-electron chi connectivity index (χ0n) is 16.8. The van der Waals surface area contributed by atoms with E-state index in [0.29, 0.717) is 17.1 Å². The third-order valence-corrected chi connectivity index (χ3v) is 5.32.